The van der Waals surface area contributed by atoms with E-state index in [0.717, 1.165) is 54.9 Å². The van der Waals surface area contributed by atoms with Crippen molar-refractivity contribution in [3.63, 3.8) is 0 Å². The lowest BCUT2D eigenvalue weighted by atomic mass is 10.1. The van der Waals surface area contributed by atoms with Crippen molar-refractivity contribution in [2.45, 2.75) is 40.3 Å². The van der Waals surface area contributed by atoms with Crippen LogP contribution in [0.25, 0.3) is 17.1 Å². The van der Waals surface area contributed by atoms with E-state index >= 15 is 0 Å². The van der Waals surface area contributed by atoms with E-state index < -0.39 is 11.8 Å². The summed E-state index contributed by atoms with van der Waals surface area (Å²) in [5.41, 5.74) is 4.25. The lowest BCUT2D eigenvalue weighted by Gasteiger charge is -2.37. The van der Waals surface area contributed by atoms with Gasteiger partial charge in [0.05, 0.1) is 6.61 Å². The number of carbonyl (C=O) groups excluding carboxylic acids is 2. The van der Waals surface area contributed by atoms with Crippen LogP contribution in [0.5, 0.6) is 0 Å². The summed E-state index contributed by atoms with van der Waals surface area (Å²) in [7, 11) is 0. The Bertz CT molecular complexity index is 1450. The summed E-state index contributed by atoms with van der Waals surface area (Å²) in [6.45, 7) is 13.5. The summed E-state index contributed by atoms with van der Waals surface area (Å²) < 4.78 is 11.1. The monoisotopic (exact) mass is 529 g/mol. The number of benzene rings is 1. The van der Waals surface area contributed by atoms with Crippen molar-refractivity contribution in [1.29, 1.82) is 0 Å². The van der Waals surface area contributed by atoms with E-state index in [1.54, 1.807) is 25.4 Å². The third kappa shape index (κ3) is 5.74. The normalized spacial score (nSPS) is 17.9. The highest BCUT2D eigenvalue weighted by molar-refractivity contribution is 6.26. The van der Waals surface area contributed by atoms with Gasteiger partial charge in [-0.15, -0.1) is 0 Å². The van der Waals surface area contributed by atoms with Crippen molar-refractivity contribution in [2.24, 2.45) is 0 Å². The average molecular weight is 530 g/mol. The Morgan fingerprint density at radius 1 is 1.23 bits per heavy atom. The molecule has 0 saturated carbocycles. The average Bonchev–Trinajstić information content (AvgIpc) is 3.46. The number of fused-ring (bicyclic) bond motifs is 1. The Hall–Kier alpha value is -3.95. The van der Waals surface area contributed by atoms with E-state index in [1.807, 2.05) is 25.1 Å². The number of hydrogen-bond acceptors (Lipinski definition) is 8. The zero-order valence-corrected chi connectivity index (χ0v) is 22.9. The second kappa shape index (κ2) is 11.4. The summed E-state index contributed by atoms with van der Waals surface area (Å²) in [5, 5.41) is 4.02. The number of aromatic nitrogens is 2. The first-order valence-corrected chi connectivity index (χ1v) is 13.4. The van der Waals surface area contributed by atoms with Crippen LogP contribution >= 0.6 is 0 Å². The number of H-pyrrole nitrogens is 1. The zero-order chi connectivity index (χ0) is 27.5. The lowest BCUT2D eigenvalue weighted by Crippen LogP contribution is -2.48. The molecular formula is C30H35N5O4. The number of carbonyl (C=O) groups is 2. The largest absolute Gasteiger partial charge is 0.462 e. The Kier molecular flexibility index (Phi) is 7.81. The van der Waals surface area contributed by atoms with Gasteiger partial charge in [-0.3, -0.25) is 14.6 Å². The highest BCUT2D eigenvalue weighted by atomic mass is 16.5. The van der Waals surface area contributed by atoms with E-state index in [1.165, 1.54) is 5.56 Å². The van der Waals surface area contributed by atoms with Crippen LogP contribution in [0.3, 0.4) is 0 Å². The fourth-order valence-electron chi connectivity index (χ4n) is 5.03. The Labute approximate surface area is 228 Å². The molecular weight excluding hydrogens is 494 g/mol. The van der Waals surface area contributed by atoms with Crippen molar-refractivity contribution in [1.82, 2.24) is 19.8 Å². The number of aromatic amines is 1. The first kappa shape index (κ1) is 26.6. The molecule has 0 atom stereocenters. The molecule has 5 rings (SSSR count). The molecule has 3 aromatic rings. The molecule has 0 aliphatic carbocycles. The number of nitrogens with zero attached hydrogens (tertiary/aromatic N) is 3. The highest BCUT2D eigenvalue weighted by Gasteiger charge is 2.37. The van der Waals surface area contributed by atoms with E-state index in [0.29, 0.717) is 11.7 Å². The first-order valence-electron chi connectivity index (χ1n) is 13.4. The summed E-state index contributed by atoms with van der Waals surface area (Å²) in [4.78, 5) is 38.4. The number of piperazine rings is 1. The van der Waals surface area contributed by atoms with E-state index in [4.69, 9.17) is 9.47 Å². The molecule has 1 saturated heterocycles. The van der Waals surface area contributed by atoms with Crippen LogP contribution in [0, 0.1) is 6.92 Å². The number of Topliss-reactive ketones (excluding diaryl/α,β-unsaturated/α-hetero) is 1. The number of ether oxygens (including phenoxy) is 2. The fourth-order valence-corrected chi connectivity index (χ4v) is 5.03. The molecule has 204 valence electrons. The SMILES string of the molecule is CCOC(=O)C1=C(Nc2ccc(CN3CCN(C(C)C)CC3)cc2C)OC(=Cc2c[nH]c3ncccc23)C1=O. The second-order valence-electron chi connectivity index (χ2n) is 10.2. The molecule has 9 heteroatoms. The molecule has 4 heterocycles. The van der Waals surface area contributed by atoms with Crippen molar-refractivity contribution in [3.8, 4) is 0 Å². The molecule has 2 aliphatic heterocycles. The van der Waals surface area contributed by atoms with Gasteiger partial charge in [-0.25, -0.2) is 9.78 Å². The number of allylic oxidation sites excluding steroid dienone is 1. The third-order valence-corrected chi connectivity index (χ3v) is 7.22. The smallest absolute Gasteiger partial charge is 0.347 e. The molecule has 2 N–H and O–H groups in total. The third-order valence-electron chi connectivity index (χ3n) is 7.22. The van der Waals surface area contributed by atoms with Crippen LogP contribution in [-0.4, -0.2) is 70.3 Å². The lowest BCUT2D eigenvalue weighted by molar-refractivity contribution is -0.139. The molecule has 2 aromatic heterocycles. The van der Waals surface area contributed by atoms with Crippen LogP contribution < -0.4 is 5.32 Å². The number of nitrogens with one attached hydrogen (secondary N) is 2. The molecule has 1 aromatic carbocycles. The van der Waals surface area contributed by atoms with Crippen molar-refractivity contribution in [2.75, 3.05) is 38.1 Å². The minimum Gasteiger partial charge on any atom is -0.462 e. The maximum Gasteiger partial charge on any atom is 0.347 e. The molecule has 0 spiro atoms. The number of esters is 1. The molecule has 9 nitrogen and oxygen atoms in total. The van der Waals surface area contributed by atoms with Gasteiger partial charge in [-0.1, -0.05) is 12.1 Å². The van der Waals surface area contributed by atoms with Crippen LogP contribution in [-0.2, 0) is 25.6 Å². The van der Waals surface area contributed by atoms with Gasteiger partial charge < -0.3 is 19.8 Å². The Balaban J connectivity index is 1.34. The summed E-state index contributed by atoms with van der Waals surface area (Å²) in [6, 6.07) is 10.5. The van der Waals surface area contributed by atoms with Crippen LogP contribution in [0.4, 0.5) is 5.69 Å². The molecule has 0 bridgehead atoms. The topological polar surface area (TPSA) is 99.8 Å². The molecule has 0 amide bonds. The highest BCUT2D eigenvalue weighted by Crippen LogP contribution is 2.31. The van der Waals surface area contributed by atoms with E-state index in [9.17, 15) is 9.59 Å². The van der Waals surface area contributed by atoms with Gasteiger partial charge in [0, 0.05) is 67.8 Å². The predicted octanol–water partition coefficient (Wildman–Crippen LogP) is 4.22. The number of pyridine rings is 1. The standard InChI is InChI=1S/C30H35N5O4/c1-5-38-30(37)26-27(36)25(16-22-17-32-28-23(22)7-6-10-31-28)39-29(26)33-24-9-8-21(15-20(24)4)18-34-11-13-35(14-12-34)19(2)3/h6-10,15-17,19,33H,5,11-14,18H2,1-4H3,(H,31,32). The van der Waals surface area contributed by atoms with Gasteiger partial charge in [0.15, 0.2) is 11.3 Å². The summed E-state index contributed by atoms with van der Waals surface area (Å²) in [6.07, 6.45) is 5.06. The number of hydrogen-bond donors (Lipinski definition) is 2. The van der Waals surface area contributed by atoms with Crippen LogP contribution in [0.2, 0.25) is 0 Å². The number of ketones is 1. The Morgan fingerprint density at radius 2 is 2.03 bits per heavy atom. The number of aryl methyl sites for hydroxylation is 1. The summed E-state index contributed by atoms with van der Waals surface area (Å²) in [5.74, 6) is -1.13. The van der Waals surface area contributed by atoms with Crippen LogP contribution in [0.1, 0.15) is 37.5 Å². The maximum atomic E-state index is 13.3. The maximum absolute atomic E-state index is 13.3. The first-order chi connectivity index (χ1) is 18.8. The van der Waals surface area contributed by atoms with Crippen LogP contribution in [0.15, 0.2) is 59.9 Å². The van der Waals surface area contributed by atoms with Gasteiger partial charge in [-0.2, -0.15) is 0 Å². The predicted molar refractivity (Wildman–Crippen MR) is 151 cm³/mol. The molecule has 39 heavy (non-hydrogen) atoms. The van der Waals surface area contributed by atoms with Gasteiger partial charge in [0.1, 0.15) is 5.65 Å². The van der Waals surface area contributed by atoms with Gasteiger partial charge >= 0.3 is 5.97 Å². The van der Waals surface area contributed by atoms with Crippen molar-refractivity contribution in [3.05, 3.63) is 76.6 Å². The van der Waals surface area contributed by atoms with Gasteiger partial charge in [0.2, 0.25) is 11.7 Å². The number of rotatable bonds is 8. The quantitative estimate of drug-likeness (QED) is 0.254. The molecule has 0 unspecified atom stereocenters. The van der Waals surface area contributed by atoms with Gasteiger partial charge in [0.25, 0.3) is 0 Å². The van der Waals surface area contributed by atoms with Gasteiger partial charge in [-0.05, 0) is 63.1 Å². The fraction of sp³-hybridized carbons (Fsp3) is 0.367. The summed E-state index contributed by atoms with van der Waals surface area (Å²) >= 11 is 0. The zero-order valence-electron chi connectivity index (χ0n) is 22.9. The molecule has 0 radical (unpaired) electrons. The molecule has 2 aliphatic rings. The molecule has 1 fully saturated rings. The van der Waals surface area contributed by atoms with Crippen molar-refractivity contribution >= 4 is 34.5 Å². The van der Waals surface area contributed by atoms with E-state index in [2.05, 4.69) is 51.1 Å². The number of anilines is 1. The second-order valence-corrected chi connectivity index (χ2v) is 10.2. The minimum atomic E-state index is -0.719. The minimum absolute atomic E-state index is 0.0418. The van der Waals surface area contributed by atoms with E-state index in [-0.39, 0.29) is 23.8 Å². The van der Waals surface area contributed by atoms with Crippen molar-refractivity contribution < 1.29 is 19.1 Å². The Morgan fingerprint density at radius 3 is 2.74 bits per heavy atom.